The number of cyclic esters (lactones) is 1. The largest absolute Gasteiger partial charge is 0.478 e. The molecule has 20 heavy (non-hydrogen) atoms. The molecule has 1 aliphatic heterocycles. The number of benzene rings is 1. The predicted octanol–water partition coefficient (Wildman–Crippen LogP) is 1.59. The second-order valence-corrected chi connectivity index (χ2v) is 3.88. The third kappa shape index (κ3) is 2.02. The summed E-state index contributed by atoms with van der Waals surface area (Å²) >= 11 is 0. The number of carboxylic acids is 1. The standard InChI is InChI=1S/C11H7F2NO6/c12-5-3-1-2-4(6(5)13)7-8(9(15)16)20-11(19)14(7)10(17)18/h1-3,7-8H,(H,15,16)(H,17,18). The minimum Gasteiger partial charge on any atom is -0.478 e. The molecular formula is C11H7F2NO6. The van der Waals surface area contributed by atoms with Crippen LogP contribution in [0, 0.1) is 11.6 Å². The molecule has 1 saturated heterocycles. The van der Waals surface area contributed by atoms with Crippen LogP contribution in [0.2, 0.25) is 0 Å². The summed E-state index contributed by atoms with van der Waals surface area (Å²) in [6.45, 7) is 0. The Hall–Kier alpha value is -2.71. The number of nitrogens with zero attached hydrogens (tertiary/aromatic N) is 1. The highest BCUT2D eigenvalue weighted by atomic mass is 19.2. The van der Waals surface area contributed by atoms with Crippen LogP contribution in [0.4, 0.5) is 18.4 Å². The summed E-state index contributed by atoms with van der Waals surface area (Å²) in [6.07, 6.45) is -5.24. The fourth-order valence-electron chi connectivity index (χ4n) is 1.91. The SMILES string of the molecule is O=C(O)C1OC(=O)N(C(=O)O)C1c1cccc(F)c1F. The van der Waals surface area contributed by atoms with Crippen LogP contribution in [-0.2, 0) is 9.53 Å². The van der Waals surface area contributed by atoms with Gasteiger partial charge in [-0.15, -0.1) is 0 Å². The Bertz CT molecular complexity index is 605. The average molecular weight is 287 g/mol. The van der Waals surface area contributed by atoms with E-state index in [4.69, 9.17) is 10.2 Å². The molecule has 2 N–H and O–H groups in total. The molecule has 106 valence electrons. The quantitative estimate of drug-likeness (QED) is 0.855. The van der Waals surface area contributed by atoms with Gasteiger partial charge in [0, 0.05) is 5.56 Å². The van der Waals surface area contributed by atoms with Gasteiger partial charge in [0.15, 0.2) is 11.6 Å². The molecule has 1 aliphatic rings. The maximum Gasteiger partial charge on any atom is 0.420 e. The molecule has 9 heteroatoms. The molecule has 2 rings (SSSR count). The zero-order valence-electron chi connectivity index (χ0n) is 9.62. The van der Waals surface area contributed by atoms with Crippen LogP contribution in [0.25, 0.3) is 0 Å². The topological polar surface area (TPSA) is 104 Å². The van der Waals surface area contributed by atoms with Crippen LogP contribution >= 0.6 is 0 Å². The molecule has 1 fully saturated rings. The van der Waals surface area contributed by atoms with Gasteiger partial charge < -0.3 is 14.9 Å². The summed E-state index contributed by atoms with van der Waals surface area (Å²) in [5.41, 5.74) is -0.592. The Morgan fingerprint density at radius 2 is 1.90 bits per heavy atom. The van der Waals surface area contributed by atoms with E-state index >= 15 is 0 Å². The maximum absolute atomic E-state index is 13.7. The summed E-state index contributed by atoms with van der Waals surface area (Å²) in [4.78, 5) is 33.3. The number of aliphatic carboxylic acids is 1. The van der Waals surface area contributed by atoms with Crippen molar-refractivity contribution in [1.29, 1.82) is 0 Å². The number of hydrogen-bond donors (Lipinski definition) is 2. The highest BCUT2D eigenvalue weighted by Gasteiger charge is 2.51. The lowest BCUT2D eigenvalue weighted by molar-refractivity contribution is -0.146. The smallest absolute Gasteiger partial charge is 0.420 e. The van der Waals surface area contributed by atoms with E-state index in [1.165, 1.54) is 0 Å². The number of imide groups is 1. The number of carbonyl (C=O) groups is 3. The molecule has 7 nitrogen and oxygen atoms in total. The average Bonchev–Trinajstić information content (AvgIpc) is 2.70. The van der Waals surface area contributed by atoms with Crippen molar-refractivity contribution >= 4 is 18.2 Å². The van der Waals surface area contributed by atoms with Gasteiger partial charge in [-0.25, -0.2) is 28.1 Å². The van der Waals surface area contributed by atoms with Crippen molar-refractivity contribution in [2.75, 3.05) is 0 Å². The van der Waals surface area contributed by atoms with Crippen LogP contribution in [0.5, 0.6) is 0 Å². The third-order valence-corrected chi connectivity index (χ3v) is 2.74. The molecule has 2 atom stereocenters. The minimum atomic E-state index is -1.95. The van der Waals surface area contributed by atoms with Gasteiger partial charge in [-0.05, 0) is 6.07 Å². The first-order valence-corrected chi connectivity index (χ1v) is 5.24. The minimum absolute atomic E-state index is 0.0106. The molecular weight excluding hydrogens is 280 g/mol. The molecule has 0 spiro atoms. The first-order chi connectivity index (χ1) is 9.34. The van der Waals surface area contributed by atoms with E-state index in [1.807, 2.05) is 0 Å². The van der Waals surface area contributed by atoms with Crippen LogP contribution in [0.3, 0.4) is 0 Å². The van der Waals surface area contributed by atoms with Crippen LogP contribution in [0.1, 0.15) is 11.6 Å². The Morgan fingerprint density at radius 3 is 2.45 bits per heavy atom. The van der Waals surface area contributed by atoms with Gasteiger partial charge in [-0.2, -0.15) is 0 Å². The molecule has 1 heterocycles. The second kappa shape index (κ2) is 4.76. The number of ether oxygens (including phenoxy) is 1. The normalized spacial score (nSPS) is 21.7. The van der Waals surface area contributed by atoms with Gasteiger partial charge in [-0.1, -0.05) is 12.1 Å². The van der Waals surface area contributed by atoms with Crippen molar-refractivity contribution in [1.82, 2.24) is 4.90 Å². The summed E-state index contributed by atoms with van der Waals surface area (Å²) in [5, 5.41) is 17.8. The van der Waals surface area contributed by atoms with E-state index in [0.29, 0.717) is 0 Å². The van der Waals surface area contributed by atoms with Crippen molar-refractivity contribution in [3.63, 3.8) is 0 Å². The monoisotopic (exact) mass is 287 g/mol. The fourth-order valence-corrected chi connectivity index (χ4v) is 1.91. The number of halogens is 2. The first-order valence-electron chi connectivity index (χ1n) is 5.24. The number of carboxylic acid groups (broad SMARTS) is 2. The van der Waals surface area contributed by atoms with E-state index in [-0.39, 0.29) is 4.90 Å². The van der Waals surface area contributed by atoms with E-state index in [2.05, 4.69) is 4.74 Å². The Kier molecular flexibility index (Phi) is 3.26. The number of rotatable bonds is 2. The van der Waals surface area contributed by atoms with Gasteiger partial charge in [-0.3, -0.25) is 0 Å². The van der Waals surface area contributed by atoms with Crippen molar-refractivity contribution in [3.8, 4) is 0 Å². The second-order valence-electron chi connectivity index (χ2n) is 3.88. The zero-order chi connectivity index (χ0) is 15.0. The number of amides is 2. The first kappa shape index (κ1) is 13.7. The van der Waals surface area contributed by atoms with E-state index in [0.717, 1.165) is 18.2 Å². The molecule has 1 aromatic rings. The molecule has 0 radical (unpaired) electrons. The van der Waals surface area contributed by atoms with Gasteiger partial charge in [0.2, 0.25) is 6.10 Å². The van der Waals surface area contributed by atoms with Gasteiger partial charge in [0.05, 0.1) is 0 Å². The maximum atomic E-state index is 13.7. The van der Waals surface area contributed by atoms with Crippen molar-refractivity contribution in [2.24, 2.45) is 0 Å². The lowest BCUT2D eigenvalue weighted by atomic mass is 10.00. The highest BCUT2D eigenvalue weighted by molar-refractivity contribution is 5.93. The Morgan fingerprint density at radius 1 is 1.25 bits per heavy atom. The molecule has 0 bridgehead atoms. The van der Waals surface area contributed by atoms with Gasteiger partial charge >= 0.3 is 18.2 Å². The van der Waals surface area contributed by atoms with Crippen LogP contribution in [-0.4, -0.2) is 39.4 Å². The van der Waals surface area contributed by atoms with Crippen molar-refractivity contribution < 1.29 is 38.1 Å². The van der Waals surface area contributed by atoms with E-state index in [1.54, 1.807) is 0 Å². The van der Waals surface area contributed by atoms with Crippen LogP contribution < -0.4 is 0 Å². The molecule has 1 aromatic carbocycles. The predicted molar refractivity (Wildman–Crippen MR) is 56.9 cm³/mol. The van der Waals surface area contributed by atoms with Crippen molar-refractivity contribution in [2.45, 2.75) is 12.1 Å². The molecule has 2 amide bonds. The summed E-state index contributed by atoms with van der Waals surface area (Å²) in [7, 11) is 0. The van der Waals surface area contributed by atoms with Crippen LogP contribution in [0.15, 0.2) is 18.2 Å². The molecule has 0 aromatic heterocycles. The zero-order valence-corrected chi connectivity index (χ0v) is 9.62. The summed E-state index contributed by atoms with van der Waals surface area (Å²) < 4.78 is 31.2. The lowest BCUT2D eigenvalue weighted by Gasteiger charge is -2.19. The number of carbonyl (C=O) groups excluding carboxylic acids is 1. The summed E-state index contributed by atoms with van der Waals surface area (Å²) in [6, 6.07) is 1.03. The van der Waals surface area contributed by atoms with Gasteiger partial charge in [0.25, 0.3) is 0 Å². The third-order valence-electron chi connectivity index (χ3n) is 2.74. The Balaban J connectivity index is 2.58. The molecule has 0 aliphatic carbocycles. The van der Waals surface area contributed by atoms with Gasteiger partial charge in [0.1, 0.15) is 6.04 Å². The lowest BCUT2D eigenvalue weighted by Crippen LogP contribution is -2.36. The van der Waals surface area contributed by atoms with E-state index < -0.39 is 47.5 Å². The fraction of sp³-hybridized carbons (Fsp3) is 0.182. The summed E-state index contributed by atoms with van der Waals surface area (Å²) in [5.74, 6) is -4.40. The Labute approximate surface area is 110 Å². The number of hydrogen-bond acceptors (Lipinski definition) is 4. The van der Waals surface area contributed by atoms with Crippen molar-refractivity contribution in [3.05, 3.63) is 35.4 Å². The highest BCUT2D eigenvalue weighted by Crippen LogP contribution is 2.35. The molecule has 0 saturated carbocycles. The molecule has 2 unspecified atom stereocenters. The van der Waals surface area contributed by atoms with E-state index in [9.17, 15) is 23.2 Å².